The molecule has 0 aliphatic carbocycles. The van der Waals surface area contributed by atoms with E-state index in [0.717, 1.165) is 15.6 Å². The number of carbonyl (C=O) groups is 1. The predicted molar refractivity (Wildman–Crippen MR) is 114 cm³/mol. The van der Waals surface area contributed by atoms with Gasteiger partial charge in [0.1, 0.15) is 11.9 Å². The molecule has 0 saturated heterocycles. The summed E-state index contributed by atoms with van der Waals surface area (Å²) in [5, 5.41) is 3.87. The minimum atomic E-state index is -0.465. The number of rotatable bonds is 5. The van der Waals surface area contributed by atoms with Gasteiger partial charge in [-0.3, -0.25) is 0 Å². The second-order valence-corrected chi connectivity index (χ2v) is 8.07. The molecule has 7 heteroatoms. The van der Waals surface area contributed by atoms with E-state index in [4.69, 9.17) is 9.73 Å². The Morgan fingerprint density at radius 2 is 2.07 bits per heavy atom. The molecule has 1 N–H and O–H groups in total. The van der Waals surface area contributed by atoms with Gasteiger partial charge in [0.05, 0.1) is 12.2 Å². The highest BCUT2D eigenvalue weighted by molar-refractivity contribution is 9.10. The topological polar surface area (TPSA) is 50.7 Å². The van der Waals surface area contributed by atoms with Crippen LogP contribution in [0.15, 0.2) is 69.3 Å². The third-order valence-corrected chi connectivity index (χ3v) is 5.59. The van der Waals surface area contributed by atoms with Crippen molar-refractivity contribution in [1.29, 1.82) is 0 Å². The smallest absolute Gasteiger partial charge is 0.338 e. The zero-order chi connectivity index (χ0) is 20.1. The van der Waals surface area contributed by atoms with Crippen LogP contribution in [0.5, 0.6) is 0 Å². The van der Waals surface area contributed by atoms with Gasteiger partial charge < -0.3 is 10.1 Å². The van der Waals surface area contributed by atoms with Crippen molar-refractivity contribution < 1.29 is 13.9 Å². The Kier molecular flexibility index (Phi) is 6.91. The fraction of sp³-hybridized carbons (Fsp3) is 0.238. The number of allylic oxidation sites excluding steroid dienone is 1. The Hall–Kier alpha value is -2.12. The maximum Gasteiger partial charge on any atom is 0.338 e. The predicted octanol–water partition coefficient (Wildman–Crippen LogP) is 5.36. The largest absolute Gasteiger partial charge is 0.463 e. The van der Waals surface area contributed by atoms with E-state index < -0.39 is 6.04 Å². The number of carbonyl (C=O) groups excluding carboxylic acids is 1. The summed E-state index contributed by atoms with van der Waals surface area (Å²) in [6.45, 7) is 3.92. The molecule has 1 heterocycles. The number of amidine groups is 1. The van der Waals surface area contributed by atoms with Crippen LogP contribution in [0.2, 0.25) is 0 Å². The van der Waals surface area contributed by atoms with E-state index in [-0.39, 0.29) is 11.8 Å². The van der Waals surface area contributed by atoms with Gasteiger partial charge in [0.25, 0.3) is 0 Å². The van der Waals surface area contributed by atoms with Crippen molar-refractivity contribution in [3.8, 4) is 0 Å². The normalized spacial score (nSPS) is 16.4. The minimum Gasteiger partial charge on any atom is -0.463 e. The van der Waals surface area contributed by atoms with Crippen LogP contribution in [0.1, 0.15) is 31.0 Å². The van der Waals surface area contributed by atoms with Crippen LogP contribution in [0.3, 0.4) is 0 Å². The van der Waals surface area contributed by atoms with Gasteiger partial charge in [0.15, 0.2) is 5.17 Å². The lowest BCUT2D eigenvalue weighted by molar-refractivity contribution is -0.138. The number of nitrogens with one attached hydrogen (secondary N) is 1. The maximum absolute atomic E-state index is 13.4. The first-order valence-electron chi connectivity index (χ1n) is 8.83. The maximum atomic E-state index is 13.4. The van der Waals surface area contributed by atoms with Crippen LogP contribution in [0, 0.1) is 5.82 Å². The molecule has 1 aliphatic rings. The molecule has 2 aromatic carbocycles. The lowest BCUT2D eigenvalue weighted by Gasteiger charge is -2.26. The van der Waals surface area contributed by atoms with Gasteiger partial charge in [-0.2, -0.15) is 0 Å². The Bertz CT molecular complexity index is 946. The lowest BCUT2D eigenvalue weighted by Crippen LogP contribution is -2.30. The summed E-state index contributed by atoms with van der Waals surface area (Å²) in [5.74, 6) is -0.0728. The number of hydrogen-bond donors (Lipinski definition) is 1. The molecule has 0 spiro atoms. The van der Waals surface area contributed by atoms with Crippen LogP contribution in [0.4, 0.5) is 4.39 Å². The average Bonchev–Trinajstić information content (AvgIpc) is 2.66. The molecule has 0 amide bonds. The van der Waals surface area contributed by atoms with Crippen molar-refractivity contribution in [1.82, 2.24) is 5.32 Å². The van der Waals surface area contributed by atoms with Gasteiger partial charge in [-0.25, -0.2) is 14.2 Å². The molecular weight excluding hydrogens is 443 g/mol. The number of benzene rings is 2. The van der Waals surface area contributed by atoms with Gasteiger partial charge in [-0.15, -0.1) is 0 Å². The van der Waals surface area contributed by atoms with Crippen molar-refractivity contribution in [2.75, 3.05) is 6.61 Å². The molecule has 2 aromatic rings. The van der Waals surface area contributed by atoms with E-state index in [0.29, 0.717) is 28.8 Å². The van der Waals surface area contributed by atoms with Gasteiger partial charge >= 0.3 is 5.97 Å². The van der Waals surface area contributed by atoms with Crippen LogP contribution >= 0.6 is 27.7 Å². The Balaban J connectivity index is 1.89. The highest BCUT2D eigenvalue weighted by Gasteiger charge is 2.30. The first-order chi connectivity index (χ1) is 13.5. The van der Waals surface area contributed by atoms with Crippen molar-refractivity contribution in [2.24, 2.45) is 4.99 Å². The molecule has 0 saturated carbocycles. The molecule has 146 valence electrons. The number of aliphatic imine (C=N–C) groups is 1. The lowest BCUT2D eigenvalue weighted by atomic mass is 9.97. The number of halogens is 2. The van der Waals surface area contributed by atoms with E-state index in [1.165, 1.54) is 23.9 Å². The highest BCUT2D eigenvalue weighted by atomic mass is 79.9. The van der Waals surface area contributed by atoms with Gasteiger partial charge in [0, 0.05) is 15.9 Å². The number of hydrogen-bond acceptors (Lipinski definition) is 5. The fourth-order valence-electron chi connectivity index (χ4n) is 2.89. The summed E-state index contributed by atoms with van der Waals surface area (Å²) in [5.41, 5.74) is 2.96. The molecule has 1 atom stereocenters. The monoisotopic (exact) mass is 462 g/mol. The summed E-state index contributed by atoms with van der Waals surface area (Å²) in [6, 6.07) is 13.7. The summed E-state index contributed by atoms with van der Waals surface area (Å²) < 4.78 is 19.6. The summed E-state index contributed by atoms with van der Waals surface area (Å²) in [7, 11) is 0. The first-order valence-corrected chi connectivity index (χ1v) is 10.6. The zero-order valence-electron chi connectivity index (χ0n) is 15.5. The Morgan fingerprint density at radius 1 is 1.29 bits per heavy atom. The molecule has 0 bridgehead atoms. The van der Waals surface area contributed by atoms with Gasteiger partial charge in [-0.1, -0.05) is 52.0 Å². The van der Waals surface area contributed by atoms with E-state index in [2.05, 4.69) is 21.2 Å². The number of nitrogens with zero attached hydrogens (tertiary/aromatic N) is 1. The second-order valence-electron chi connectivity index (χ2n) is 6.19. The van der Waals surface area contributed by atoms with Crippen molar-refractivity contribution in [3.63, 3.8) is 0 Å². The molecular formula is C21H20BrFN2O2S. The molecule has 1 aliphatic heterocycles. The summed E-state index contributed by atoms with van der Waals surface area (Å²) >= 11 is 4.94. The average molecular weight is 463 g/mol. The molecule has 0 unspecified atom stereocenters. The van der Waals surface area contributed by atoms with E-state index >= 15 is 0 Å². The first kappa shape index (κ1) is 20.6. The van der Waals surface area contributed by atoms with Crippen LogP contribution in [-0.4, -0.2) is 17.7 Å². The number of thioether (sulfide) groups is 1. The highest BCUT2D eigenvalue weighted by Crippen LogP contribution is 2.34. The summed E-state index contributed by atoms with van der Waals surface area (Å²) in [4.78, 5) is 17.3. The number of ether oxygens (including phenoxy) is 1. The minimum absolute atomic E-state index is 0.260. The molecule has 4 nitrogen and oxygen atoms in total. The van der Waals surface area contributed by atoms with Crippen molar-refractivity contribution in [2.45, 2.75) is 25.6 Å². The third-order valence-electron chi connectivity index (χ3n) is 4.14. The second kappa shape index (κ2) is 9.39. The molecule has 0 aromatic heterocycles. The molecule has 0 fully saturated rings. The quantitative estimate of drug-likeness (QED) is 0.607. The Labute approximate surface area is 176 Å². The van der Waals surface area contributed by atoms with Crippen LogP contribution in [0.25, 0.3) is 0 Å². The number of esters is 1. The SMILES string of the molecule is CCOC(=O)C1=C(C)NC(SCc2cccc(F)c2)=N[C@@H]1c1cccc(Br)c1. The van der Waals surface area contributed by atoms with Crippen molar-refractivity contribution in [3.05, 3.63) is 81.2 Å². The van der Waals surface area contributed by atoms with E-state index in [1.54, 1.807) is 13.0 Å². The summed E-state index contributed by atoms with van der Waals surface area (Å²) in [6.07, 6.45) is 0. The molecule has 28 heavy (non-hydrogen) atoms. The fourth-order valence-corrected chi connectivity index (χ4v) is 4.20. The van der Waals surface area contributed by atoms with Crippen molar-refractivity contribution >= 4 is 38.8 Å². The van der Waals surface area contributed by atoms with Gasteiger partial charge in [-0.05, 0) is 49.2 Å². The Morgan fingerprint density at radius 3 is 2.79 bits per heavy atom. The standard InChI is InChI=1S/C21H20BrFN2O2S/c1-3-27-20(26)18-13(2)24-21(28-12-14-6-4-9-17(23)10-14)25-19(18)15-7-5-8-16(22)11-15/h4-11,19H,3,12H2,1-2H3,(H,24,25)/t19-/m1/s1. The van der Waals surface area contributed by atoms with E-state index in [9.17, 15) is 9.18 Å². The van der Waals surface area contributed by atoms with E-state index in [1.807, 2.05) is 37.3 Å². The molecule has 3 rings (SSSR count). The van der Waals surface area contributed by atoms with Gasteiger partial charge in [0.2, 0.25) is 0 Å². The zero-order valence-corrected chi connectivity index (χ0v) is 17.9. The third kappa shape index (κ3) is 5.02. The van der Waals surface area contributed by atoms with Crippen LogP contribution < -0.4 is 5.32 Å². The van der Waals surface area contributed by atoms with Crippen LogP contribution in [-0.2, 0) is 15.3 Å². The molecule has 0 radical (unpaired) electrons.